The summed E-state index contributed by atoms with van der Waals surface area (Å²) in [6.45, 7) is 10.4. The molecule has 1 N–H and O–H groups in total. The van der Waals surface area contributed by atoms with E-state index in [1.807, 2.05) is 20.8 Å². The van der Waals surface area contributed by atoms with Crippen molar-refractivity contribution in [3.63, 3.8) is 0 Å². The van der Waals surface area contributed by atoms with E-state index in [2.05, 4.69) is 22.2 Å². The fraction of sp³-hybridized carbons (Fsp3) is 0.938. The Balaban J connectivity index is 1.69. The summed E-state index contributed by atoms with van der Waals surface area (Å²) in [6, 6.07) is 0.985. The maximum absolute atomic E-state index is 11.8. The molecule has 2 aliphatic rings. The van der Waals surface area contributed by atoms with Gasteiger partial charge < -0.3 is 15.0 Å². The van der Waals surface area contributed by atoms with Gasteiger partial charge in [0.15, 0.2) is 0 Å². The predicted molar refractivity (Wildman–Crippen MR) is 84.5 cm³/mol. The lowest BCUT2D eigenvalue weighted by Crippen LogP contribution is -2.51. The number of likely N-dealkylation sites (N-methyl/N-ethyl adjacent to an activating group) is 1. The van der Waals surface area contributed by atoms with Crippen LogP contribution in [0.15, 0.2) is 0 Å². The van der Waals surface area contributed by atoms with Crippen molar-refractivity contribution in [1.29, 1.82) is 0 Å². The van der Waals surface area contributed by atoms with Crippen molar-refractivity contribution in [2.24, 2.45) is 0 Å². The molecule has 0 aromatic rings. The van der Waals surface area contributed by atoms with Gasteiger partial charge in [-0.15, -0.1) is 0 Å². The molecular weight excluding hydrogens is 266 g/mol. The molecule has 1 aliphatic carbocycles. The molecule has 0 radical (unpaired) electrons. The number of carbonyl (C=O) groups excluding carboxylic acids is 1. The zero-order chi connectivity index (χ0) is 15.5. The first-order valence-corrected chi connectivity index (χ1v) is 8.25. The largest absolute Gasteiger partial charge is 0.444 e. The van der Waals surface area contributed by atoms with Crippen LogP contribution in [0.2, 0.25) is 0 Å². The molecule has 0 atom stereocenters. The maximum Gasteiger partial charge on any atom is 0.407 e. The highest BCUT2D eigenvalue weighted by Crippen LogP contribution is 2.24. The second-order valence-corrected chi connectivity index (χ2v) is 7.49. The van der Waals surface area contributed by atoms with Gasteiger partial charge in [-0.25, -0.2) is 4.79 Å². The molecule has 2 fully saturated rings. The summed E-state index contributed by atoms with van der Waals surface area (Å²) in [7, 11) is 2.19. The smallest absolute Gasteiger partial charge is 0.407 e. The van der Waals surface area contributed by atoms with Crippen LogP contribution in [0.25, 0.3) is 0 Å². The molecule has 122 valence electrons. The average Bonchev–Trinajstić information content (AvgIpc) is 2.38. The maximum atomic E-state index is 11.8. The van der Waals surface area contributed by atoms with Gasteiger partial charge in [-0.3, -0.25) is 4.90 Å². The summed E-state index contributed by atoms with van der Waals surface area (Å²) < 4.78 is 5.33. The molecule has 1 amide bonds. The van der Waals surface area contributed by atoms with Gasteiger partial charge in [0.2, 0.25) is 0 Å². The van der Waals surface area contributed by atoms with Crippen LogP contribution in [0.4, 0.5) is 4.79 Å². The second-order valence-electron chi connectivity index (χ2n) is 7.49. The third-order valence-electron chi connectivity index (χ3n) is 4.47. The SMILES string of the molecule is CN1CCN(C2CCC(NC(=O)OC(C)(C)C)CC2)CC1. The van der Waals surface area contributed by atoms with Crippen LogP contribution in [0.1, 0.15) is 46.5 Å². The zero-order valence-electron chi connectivity index (χ0n) is 14.0. The summed E-state index contributed by atoms with van der Waals surface area (Å²) in [4.78, 5) is 16.8. The molecule has 1 saturated heterocycles. The number of rotatable bonds is 2. The standard InChI is InChI=1S/C16H31N3O2/c1-16(2,3)21-15(20)17-13-5-7-14(8-6-13)19-11-9-18(4)10-12-19/h13-14H,5-12H2,1-4H3,(H,17,20). The molecule has 1 aliphatic heterocycles. The monoisotopic (exact) mass is 297 g/mol. The van der Waals surface area contributed by atoms with Crippen LogP contribution in [0, 0.1) is 0 Å². The highest BCUT2D eigenvalue weighted by molar-refractivity contribution is 5.68. The Bertz CT molecular complexity index is 338. The van der Waals surface area contributed by atoms with E-state index in [9.17, 15) is 4.79 Å². The second kappa shape index (κ2) is 6.97. The van der Waals surface area contributed by atoms with E-state index in [0.29, 0.717) is 6.04 Å². The first kappa shape index (κ1) is 16.6. The van der Waals surface area contributed by atoms with Gasteiger partial charge in [0.25, 0.3) is 0 Å². The molecule has 5 heteroatoms. The molecule has 0 bridgehead atoms. The van der Waals surface area contributed by atoms with Crippen molar-refractivity contribution in [1.82, 2.24) is 15.1 Å². The third kappa shape index (κ3) is 5.47. The molecular formula is C16H31N3O2. The number of carbonyl (C=O) groups is 1. The summed E-state index contributed by atoms with van der Waals surface area (Å²) in [5.74, 6) is 0. The Morgan fingerprint density at radius 1 is 1.05 bits per heavy atom. The molecule has 1 heterocycles. The van der Waals surface area contributed by atoms with Gasteiger partial charge in [-0.1, -0.05) is 0 Å². The molecule has 0 unspecified atom stereocenters. The number of nitrogens with one attached hydrogen (secondary N) is 1. The van der Waals surface area contributed by atoms with E-state index < -0.39 is 5.60 Å². The lowest BCUT2D eigenvalue weighted by atomic mass is 9.90. The van der Waals surface area contributed by atoms with Crippen LogP contribution in [-0.4, -0.2) is 66.8 Å². The van der Waals surface area contributed by atoms with E-state index in [1.54, 1.807) is 0 Å². The normalized spacial score (nSPS) is 29.1. The Labute approximate surface area is 129 Å². The third-order valence-corrected chi connectivity index (χ3v) is 4.47. The van der Waals surface area contributed by atoms with Crippen molar-refractivity contribution in [3.05, 3.63) is 0 Å². The van der Waals surface area contributed by atoms with E-state index >= 15 is 0 Å². The number of hydrogen-bond donors (Lipinski definition) is 1. The van der Waals surface area contributed by atoms with E-state index in [-0.39, 0.29) is 12.1 Å². The minimum Gasteiger partial charge on any atom is -0.444 e. The lowest BCUT2D eigenvalue weighted by molar-refractivity contribution is 0.0459. The molecule has 1 saturated carbocycles. The van der Waals surface area contributed by atoms with E-state index in [0.717, 1.165) is 12.8 Å². The first-order chi connectivity index (χ1) is 9.83. The van der Waals surface area contributed by atoms with Crippen LogP contribution in [0.5, 0.6) is 0 Å². The highest BCUT2D eigenvalue weighted by atomic mass is 16.6. The van der Waals surface area contributed by atoms with Gasteiger partial charge in [0.05, 0.1) is 0 Å². The summed E-state index contributed by atoms with van der Waals surface area (Å²) in [5.41, 5.74) is -0.416. The molecule has 0 spiro atoms. The number of hydrogen-bond acceptors (Lipinski definition) is 4. The molecule has 21 heavy (non-hydrogen) atoms. The van der Waals surface area contributed by atoms with E-state index in [1.165, 1.54) is 39.0 Å². The van der Waals surface area contributed by atoms with Crippen LogP contribution in [0.3, 0.4) is 0 Å². The predicted octanol–water partition coefficient (Wildman–Crippen LogP) is 2.07. The first-order valence-electron chi connectivity index (χ1n) is 8.25. The number of piperazine rings is 1. The summed E-state index contributed by atoms with van der Waals surface area (Å²) >= 11 is 0. The number of ether oxygens (including phenoxy) is 1. The number of nitrogens with zero attached hydrogens (tertiary/aromatic N) is 2. The molecule has 0 aromatic carbocycles. The van der Waals surface area contributed by atoms with Gasteiger partial charge in [-0.2, -0.15) is 0 Å². The minimum atomic E-state index is -0.416. The van der Waals surface area contributed by atoms with Gasteiger partial charge >= 0.3 is 6.09 Å². The molecule has 2 rings (SSSR count). The lowest BCUT2D eigenvalue weighted by Gasteiger charge is -2.41. The average molecular weight is 297 g/mol. The van der Waals surface area contributed by atoms with Crippen molar-refractivity contribution in [2.45, 2.75) is 64.1 Å². The summed E-state index contributed by atoms with van der Waals surface area (Å²) in [6.07, 6.45) is 4.23. The van der Waals surface area contributed by atoms with Crippen LogP contribution < -0.4 is 5.32 Å². The quantitative estimate of drug-likeness (QED) is 0.847. The van der Waals surface area contributed by atoms with Crippen LogP contribution in [-0.2, 0) is 4.74 Å². The summed E-state index contributed by atoms with van der Waals surface area (Å²) in [5, 5.41) is 3.02. The van der Waals surface area contributed by atoms with Gasteiger partial charge in [0, 0.05) is 38.3 Å². The number of amides is 1. The van der Waals surface area contributed by atoms with Gasteiger partial charge in [-0.05, 0) is 53.5 Å². The van der Waals surface area contributed by atoms with Gasteiger partial charge in [0.1, 0.15) is 5.60 Å². The van der Waals surface area contributed by atoms with Crippen LogP contribution >= 0.6 is 0 Å². The zero-order valence-corrected chi connectivity index (χ0v) is 14.0. The topological polar surface area (TPSA) is 44.8 Å². The van der Waals surface area contributed by atoms with Crippen molar-refractivity contribution < 1.29 is 9.53 Å². The number of alkyl carbamates (subject to hydrolysis) is 1. The Morgan fingerprint density at radius 3 is 2.14 bits per heavy atom. The van der Waals surface area contributed by atoms with Crippen molar-refractivity contribution in [3.8, 4) is 0 Å². The highest BCUT2D eigenvalue weighted by Gasteiger charge is 2.29. The molecule has 5 nitrogen and oxygen atoms in total. The Kier molecular flexibility index (Phi) is 5.49. The van der Waals surface area contributed by atoms with E-state index in [4.69, 9.17) is 4.74 Å². The van der Waals surface area contributed by atoms with Crippen molar-refractivity contribution >= 4 is 6.09 Å². The minimum absolute atomic E-state index is 0.273. The fourth-order valence-corrected chi connectivity index (χ4v) is 3.25. The van der Waals surface area contributed by atoms with Crippen molar-refractivity contribution in [2.75, 3.05) is 33.2 Å². The Morgan fingerprint density at radius 2 is 1.62 bits per heavy atom. The fourth-order valence-electron chi connectivity index (χ4n) is 3.25. The molecule has 0 aromatic heterocycles. The Hall–Kier alpha value is -0.810.